The first kappa shape index (κ1) is 19.3. The molecule has 3 heterocycles. The highest BCUT2D eigenvalue weighted by atomic mass is 16.6. The van der Waals surface area contributed by atoms with Gasteiger partial charge in [0.25, 0.3) is 5.95 Å². The second kappa shape index (κ2) is 7.79. The molecule has 3 aromatic rings. The van der Waals surface area contributed by atoms with Crippen molar-refractivity contribution in [3.8, 4) is 0 Å². The maximum atomic E-state index is 10.3. The molecule has 1 unspecified atom stereocenters. The summed E-state index contributed by atoms with van der Waals surface area (Å²) < 4.78 is 6.97. The van der Waals surface area contributed by atoms with Crippen molar-refractivity contribution >= 4 is 22.9 Å². The number of nitrogens with zero attached hydrogens (tertiary/aromatic N) is 6. The normalized spacial score (nSPS) is 24.7. The number of rotatable bonds is 5. The molecule has 29 heavy (non-hydrogen) atoms. The van der Waals surface area contributed by atoms with Crippen molar-refractivity contribution in [3.05, 3.63) is 41.7 Å². The molecule has 0 amide bonds. The average molecular weight is 399 g/mol. The molecular formula is C18H21N7O4. The maximum absolute atomic E-state index is 10.3. The van der Waals surface area contributed by atoms with Crippen LogP contribution in [0.3, 0.4) is 0 Å². The van der Waals surface area contributed by atoms with Crippen LogP contribution < -0.4 is 5.73 Å². The number of ether oxygens (including phenoxy) is 1. The van der Waals surface area contributed by atoms with Crippen LogP contribution >= 0.6 is 0 Å². The predicted molar refractivity (Wildman–Crippen MR) is 102 cm³/mol. The van der Waals surface area contributed by atoms with E-state index in [1.54, 1.807) is 0 Å². The second-order valence-corrected chi connectivity index (χ2v) is 6.79. The molecule has 5 N–H and O–H groups in total. The van der Waals surface area contributed by atoms with Gasteiger partial charge in [-0.25, -0.2) is 4.98 Å². The van der Waals surface area contributed by atoms with Crippen LogP contribution in [0.15, 0.2) is 40.8 Å². The highest BCUT2D eigenvalue weighted by molar-refractivity contribution is 5.82. The van der Waals surface area contributed by atoms with E-state index in [1.165, 1.54) is 10.9 Å². The lowest BCUT2D eigenvalue weighted by Gasteiger charge is -2.16. The van der Waals surface area contributed by atoms with Crippen molar-refractivity contribution in [3.63, 3.8) is 0 Å². The Kier molecular flexibility index (Phi) is 5.20. The fourth-order valence-electron chi connectivity index (χ4n) is 3.23. The Morgan fingerprint density at radius 2 is 2.00 bits per heavy atom. The van der Waals surface area contributed by atoms with Gasteiger partial charge in [-0.1, -0.05) is 24.3 Å². The minimum Gasteiger partial charge on any atom is -0.394 e. The fourth-order valence-corrected chi connectivity index (χ4v) is 3.23. The largest absolute Gasteiger partial charge is 0.394 e. The zero-order valence-electron chi connectivity index (χ0n) is 15.6. The number of aryl methyl sites for hydroxylation is 1. The number of imidazole rings is 1. The van der Waals surface area contributed by atoms with Crippen molar-refractivity contribution in [1.29, 1.82) is 0 Å². The maximum Gasteiger partial charge on any atom is 0.272 e. The number of azo groups is 1. The molecule has 0 spiro atoms. The van der Waals surface area contributed by atoms with Crippen molar-refractivity contribution in [2.75, 3.05) is 12.3 Å². The van der Waals surface area contributed by atoms with Gasteiger partial charge in [-0.15, -0.1) is 5.11 Å². The molecule has 1 saturated heterocycles. The lowest BCUT2D eigenvalue weighted by atomic mass is 10.1. The lowest BCUT2D eigenvalue weighted by Crippen LogP contribution is -2.33. The highest BCUT2D eigenvalue weighted by Crippen LogP contribution is 2.32. The molecule has 11 nitrogen and oxygen atoms in total. The van der Waals surface area contributed by atoms with E-state index < -0.39 is 31.1 Å². The van der Waals surface area contributed by atoms with E-state index in [0.29, 0.717) is 12.1 Å². The molecule has 1 aliphatic heterocycles. The SMILES string of the molecule is Cc1ccccc1CN=Nc1nc(N)c2ncn(C3O[C@H](CO)[C@@H](O)[C@H]3O)c2n1. The van der Waals surface area contributed by atoms with E-state index in [2.05, 4.69) is 25.2 Å². The Hall–Kier alpha value is -2.99. The third-order valence-electron chi connectivity index (χ3n) is 4.89. The molecule has 11 heteroatoms. The van der Waals surface area contributed by atoms with Gasteiger partial charge in [0.05, 0.1) is 19.5 Å². The molecule has 1 aliphatic rings. The summed E-state index contributed by atoms with van der Waals surface area (Å²) in [6.45, 7) is 1.92. The van der Waals surface area contributed by atoms with E-state index in [4.69, 9.17) is 10.5 Å². The summed E-state index contributed by atoms with van der Waals surface area (Å²) in [5.41, 5.74) is 8.68. The van der Waals surface area contributed by atoms with Gasteiger partial charge < -0.3 is 25.8 Å². The third kappa shape index (κ3) is 3.56. The van der Waals surface area contributed by atoms with Crippen molar-refractivity contribution in [1.82, 2.24) is 19.5 Å². The number of aliphatic hydroxyl groups is 3. The average Bonchev–Trinajstić information content (AvgIpc) is 3.25. The van der Waals surface area contributed by atoms with Gasteiger partial charge in [0.2, 0.25) is 0 Å². The zero-order valence-corrected chi connectivity index (χ0v) is 15.6. The minimum atomic E-state index is -1.27. The van der Waals surface area contributed by atoms with Crippen molar-refractivity contribution in [2.24, 2.45) is 10.2 Å². The quantitative estimate of drug-likeness (QED) is 0.453. The van der Waals surface area contributed by atoms with E-state index in [9.17, 15) is 15.3 Å². The summed E-state index contributed by atoms with van der Waals surface area (Å²) in [6, 6.07) is 7.83. The van der Waals surface area contributed by atoms with Gasteiger partial charge in [-0.05, 0) is 18.1 Å². The van der Waals surface area contributed by atoms with Gasteiger partial charge in [-0.2, -0.15) is 15.1 Å². The number of nitrogen functional groups attached to an aromatic ring is 1. The Labute approximate surface area is 165 Å². The molecule has 0 radical (unpaired) electrons. The molecule has 2 aromatic heterocycles. The van der Waals surface area contributed by atoms with Crippen molar-refractivity contribution < 1.29 is 20.1 Å². The van der Waals surface area contributed by atoms with E-state index in [-0.39, 0.29) is 17.4 Å². The summed E-state index contributed by atoms with van der Waals surface area (Å²) in [5.74, 6) is 0.141. The molecule has 152 valence electrons. The number of aliphatic hydroxyl groups excluding tert-OH is 3. The van der Waals surface area contributed by atoms with Crippen LogP contribution in [0.2, 0.25) is 0 Å². The van der Waals surface area contributed by atoms with Gasteiger partial charge >= 0.3 is 0 Å². The molecule has 1 fully saturated rings. The topological polar surface area (TPSA) is 164 Å². The summed E-state index contributed by atoms with van der Waals surface area (Å²) in [5, 5.41) is 37.8. The number of aromatic nitrogens is 4. The molecule has 1 aromatic carbocycles. The predicted octanol–water partition coefficient (Wildman–Crippen LogP) is 0.612. The number of hydrogen-bond donors (Lipinski definition) is 4. The number of anilines is 1. The Bertz CT molecular complexity index is 1050. The molecule has 4 atom stereocenters. The molecular weight excluding hydrogens is 378 g/mol. The lowest BCUT2D eigenvalue weighted by molar-refractivity contribution is -0.0511. The summed E-state index contributed by atoms with van der Waals surface area (Å²) >= 11 is 0. The first-order valence-electron chi connectivity index (χ1n) is 9.04. The van der Waals surface area contributed by atoms with Crippen molar-refractivity contribution in [2.45, 2.75) is 38.0 Å². The molecule has 0 bridgehead atoms. The van der Waals surface area contributed by atoms with Gasteiger partial charge in [0.1, 0.15) is 23.8 Å². The fraction of sp³-hybridized carbons (Fsp3) is 0.389. The van der Waals surface area contributed by atoms with Crippen LogP contribution in [0.4, 0.5) is 11.8 Å². The van der Waals surface area contributed by atoms with Crippen LogP contribution in [0, 0.1) is 6.92 Å². The Morgan fingerprint density at radius 3 is 2.72 bits per heavy atom. The standard InChI is InChI=1S/C18H21N7O4/c1-9-4-2-3-5-10(9)6-21-24-18-22-15(19)12-16(23-18)25(8-20-12)17-14(28)13(27)11(7-26)29-17/h2-5,8,11,13-14,17,26-28H,6-7H2,1H3,(H2,19,22,23)/t11-,13-,14-,17?/m1/s1. The number of fused-ring (bicyclic) bond motifs is 1. The van der Waals surface area contributed by atoms with Crippen LogP contribution in [0.25, 0.3) is 11.2 Å². The van der Waals surface area contributed by atoms with Gasteiger partial charge in [0.15, 0.2) is 17.7 Å². The minimum absolute atomic E-state index is 0.0390. The van der Waals surface area contributed by atoms with E-state index in [1.807, 2.05) is 31.2 Å². The first-order chi connectivity index (χ1) is 14.0. The Balaban J connectivity index is 1.63. The summed E-state index contributed by atoms with van der Waals surface area (Å²) in [4.78, 5) is 12.6. The molecule has 0 aliphatic carbocycles. The van der Waals surface area contributed by atoms with Gasteiger partial charge in [-0.3, -0.25) is 4.57 Å². The zero-order chi connectivity index (χ0) is 20.5. The van der Waals surface area contributed by atoms with E-state index >= 15 is 0 Å². The summed E-state index contributed by atoms with van der Waals surface area (Å²) in [7, 11) is 0. The number of nitrogens with two attached hydrogens (primary N) is 1. The number of hydrogen-bond acceptors (Lipinski definition) is 10. The monoisotopic (exact) mass is 399 g/mol. The van der Waals surface area contributed by atoms with Gasteiger partial charge in [0, 0.05) is 0 Å². The third-order valence-corrected chi connectivity index (χ3v) is 4.89. The second-order valence-electron chi connectivity index (χ2n) is 6.79. The highest BCUT2D eigenvalue weighted by Gasteiger charge is 2.44. The summed E-state index contributed by atoms with van der Waals surface area (Å²) in [6.07, 6.45) is -3.04. The Morgan fingerprint density at radius 1 is 1.21 bits per heavy atom. The molecule has 4 rings (SSSR count). The first-order valence-corrected chi connectivity index (χ1v) is 9.04. The smallest absolute Gasteiger partial charge is 0.272 e. The molecule has 0 saturated carbocycles. The van der Waals surface area contributed by atoms with E-state index in [0.717, 1.165) is 11.1 Å². The van der Waals surface area contributed by atoms with Crippen LogP contribution in [-0.4, -0.2) is 59.8 Å². The van der Waals surface area contributed by atoms with Crippen LogP contribution in [0.1, 0.15) is 17.4 Å². The van der Waals surface area contributed by atoms with Crippen LogP contribution in [0.5, 0.6) is 0 Å². The van der Waals surface area contributed by atoms with Crippen LogP contribution in [-0.2, 0) is 11.3 Å². The number of benzene rings is 1.